The average Bonchev–Trinajstić information content (AvgIpc) is 3.59. The number of carbonyl (C=O) groups is 4. The van der Waals surface area contributed by atoms with E-state index >= 15 is 0 Å². The highest BCUT2D eigenvalue weighted by Gasteiger charge is 2.54. The fourth-order valence-electron chi connectivity index (χ4n) is 7.31. The molecule has 0 N–H and O–H groups in total. The molecule has 2 aliphatic heterocycles. The Kier molecular flexibility index (Phi) is 4.66. The van der Waals surface area contributed by atoms with Gasteiger partial charge in [-0.25, -0.2) is 19.2 Å². The second-order valence-electron chi connectivity index (χ2n) is 14.0. The van der Waals surface area contributed by atoms with Gasteiger partial charge in [-0.1, -0.05) is 77.9 Å². The van der Waals surface area contributed by atoms with Gasteiger partial charge in [0.2, 0.25) is 0 Å². The van der Waals surface area contributed by atoms with Crippen LogP contribution in [0, 0.1) is 0 Å². The van der Waals surface area contributed by atoms with E-state index in [-0.39, 0.29) is 33.1 Å². The third kappa shape index (κ3) is 3.13. The zero-order valence-corrected chi connectivity index (χ0v) is 24.7. The summed E-state index contributed by atoms with van der Waals surface area (Å²) in [6.45, 7) is 13.0. The highest BCUT2D eigenvalue weighted by molar-refractivity contribution is 6.18. The predicted molar refractivity (Wildman–Crippen MR) is 160 cm³/mol. The minimum Gasteiger partial charge on any atom is -0.386 e. The Bertz CT molecular complexity index is 1920. The van der Waals surface area contributed by atoms with Gasteiger partial charge in [0.05, 0.1) is 27.7 Å². The van der Waals surface area contributed by atoms with Crippen LogP contribution in [-0.4, -0.2) is 23.9 Å². The number of hydrogen-bond donors (Lipinski definition) is 0. The van der Waals surface area contributed by atoms with Crippen LogP contribution in [0.5, 0.6) is 0 Å². The average molecular weight is 569 g/mol. The van der Waals surface area contributed by atoms with E-state index in [4.69, 9.17) is 9.47 Å². The molecule has 6 heteroatoms. The number of rotatable bonds is 0. The summed E-state index contributed by atoms with van der Waals surface area (Å²) < 4.78 is 10.0. The SMILES string of the molecule is CC(C)(C)c1ccc2c(c1)C1(c3cc(C(C)(C)C)ccc3-2)c2cc3c(cc2-c2cc4c(cc21)C(=O)OC4=O)C(=O)OC3=O. The van der Waals surface area contributed by atoms with Crippen molar-refractivity contribution >= 4 is 23.9 Å². The summed E-state index contributed by atoms with van der Waals surface area (Å²) in [6.07, 6.45) is 0. The summed E-state index contributed by atoms with van der Waals surface area (Å²) in [4.78, 5) is 51.3. The van der Waals surface area contributed by atoms with Crippen molar-refractivity contribution in [1.82, 2.24) is 0 Å². The van der Waals surface area contributed by atoms with E-state index in [2.05, 4.69) is 77.9 Å². The Morgan fingerprint density at radius 2 is 0.744 bits per heavy atom. The van der Waals surface area contributed by atoms with Crippen molar-refractivity contribution in [2.45, 2.75) is 57.8 Å². The van der Waals surface area contributed by atoms with E-state index in [1.807, 2.05) is 0 Å². The van der Waals surface area contributed by atoms with Gasteiger partial charge in [-0.2, -0.15) is 0 Å². The predicted octanol–water partition coefficient (Wildman–Crippen LogP) is 7.25. The minimum atomic E-state index is -0.931. The quantitative estimate of drug-likeness (QED) is 0.142. The number of fused-ring (bicyclic) bond motifs is 12. The maximum Gasteiger partial charge on any atom is 0.346 e. The molecule has 0 radical (unpaired) electrons. The van der Waals surface area contributed by atoms with Crippen molar-refractivity contribution in [3.63, 3.8) is 0 Å². The Balaban J connectivity index is 1.59. The van der Waals surface area contributed by atoms with Crippen molar-refractivity contribution in [2.24, 2.45) is 0 Å². The van der Waals surface area contributed by atoms with Crippen molar-refractivity contribution < 1.29 is 28.7 Å². The van der Waals surface area contributed by atoms with E-state index < -0.39 is 29.3 Å². The zero-order chi connectivity index (χ0) is 30.4. The van der Waals surface area contributed by atoms with Crippen LogP contribution < -0.4 is 0 Å². The molecular formula is C37H28O6. The van der Waals surface area contributed by atoms with Gasteiger partial charge in [-0.15, -0.1) is 0 Å². The van der Waals surface area contributed by atoms with Crippen LogP contribution in [0.4, 0.5) is 0 Å². The molecule has 2 heterocycles. The third-order valence-corrected chi connectivity index (χ3v) is 9.53. The van der Waals surface area contributed by atoms with Gasteiger partial charge in [0, 0.05) is 0 Å². The first kappa shape index (κ1) is 25.8. The van der Waals surface area contributed by atoms with E-state index in [9.17, 15) is 19.2 Å². The van der Waals surface area contributed by atoms with Crippen LogP contribution in [0.15, 0.2) is 60.7 Å². The molecule has 2 aliphatic carbocycles. The highest BCUT2D eigenvalue weighted by Crippen LogP contribution is 2.64. The lowest BCUT2D eigenvalue weighted by Crippen LogP contribution is -2.28. The fraction of sp³-hybridized carbons (Fsp3) is 0.243. The molecule has 212 valence electrons. The molecule has 0 unspecified atom stereocenters. The molecule has 1 spiro atoms. The first-order chi connectivity index (χ1) is 20.2. The second kappa shape index (κ2) is 7.75. The maximum atomic E-state index is 12.9. The molecule has 4 aliphatic rings. The van der Waals surface area contributed by atoms with Crippen molar-refractivity contribution in [3.05, 3.63) is 116 Å². The van der Waals surface area contributed by atoms with Gasteiger partial charge in [0.15, 0.2) is 0 Å². The topological polar surface area (TPSA) is 86.7 Å². The van der Waals surface area contributed by atoms with E-state index in [1.54, 1.807) is 24.3 Å². The summed E-state index contributed by atoms with van der Waals surface area (Å²) >= 11 is 0. The van der Waals surface area contributed by atoms with Crippen LogP contribution in [0.3, 0.4) is 0 Å². The highest BCUT2D eigenvalue weighted by atomic mass is 16.6. The van der Waals surface area contributed by atoms with Crippen LogP contribution in [0.25, 0.3) is 22.3 Å². The molecule has 0 aromatic heterocycles. The number of esters is 4. The molecular weight excluding hydrogens is 540 g/mol. The number of cyclic esters (lactones) is 4. The maximum absolute atomic E-state index is 12.9. The summed E-state index contributed by atoms with van der Waals surface area (Å²) in [6, 6.07) is 20.1. The van der Waals surface area contributed by atoms with Gasteiger partial charge < -0.3 is 9.47 Å². The van der Waals surface area contributed by atoms with Crippen molar-refractivity contribution in [2.75, 3.05) is 0 Å². The van der Waals surface area contributed by atoms with Gasteiger partial charge in [-0.3, -0.25) is 0 Å². The molecule has 0 atom stereocenters. The van der Waals surface area contributed by atoms with Gasteiger partial charge in [-0.05, 0) is 90.7 Å². The molecule has 0 bridgehead atoms. The van der Waals surface area contributed by atoms with Crippen molar-refractivity contribution in [1.29, 1.82) is 0 Å². The van der Waals surface area contributed by atoms with Crippen LogP contribution >= 0.6 is 0 Å². The van der Waals surface area contributed by atoms with Gasteiger partial charge in [0.1, 0.15) is 0 Å². The molecule has 0 saturated carbocycles. The lowest BCUT2D eigenvalue weighted by Gasteiger charge is -2.33. The molecule has 0 saturated heterocycles. The van der Waals surface area contributed by atoms with Crippen molar-refractivity contribution in [3.8, 4) is 22.3 Å². The first-order valence-corrected chi connectivity index (χ1v) is 14.4. The molecule has 6 nitrogen and oxygen atoms in total. The van der Waals surface area contributed by atoms with Crippen LogP contribution in [0.1, 0.15) is 116 Å². The van der Waals surface area contributed by atoms with E-state index in [1.165, 1.54) is 0 Å². The standard InChI is InChI=1S/C37H28O6/c1-35(2,3)17-7-9-19-20-10-8-18(36(4,5)6)12-28(20)37(27(19)11-17)29-15-25-23(31(38)42-33(25)40)13-21(29)22-14-24-26(16-30(22)37)34(41)43-32(24)39/h7-16H,1-6H3. The molecule has 0 amide bonds. The van der Waals surface area contributed by atoms with E-state index in [0.717, 1.165) is 55.6 Å². The second-order valence-corrected chi connectivity index (χ2v) is 14.0. The summed E-state index contributed by atoms with van der Waals surface area (Å²) in [5.41, 5.74) is 9.06. The summed E-state index contributed by atoms with van der Waals surface area (Å²) in [7, 11) is 0. The normalized spacial score (nSPS) is 16.9. The smallest absolute Gasteiger partial charge is 0.346 e. The van der Waals surface area contributed by atoms with Crippen LogP contribution in [0.2, 0.25) is 0 Å². The number of carbonyl (C=O) groups excluding carboxylic acids is 4. The first-order valence-electron chi connectivity index (χ1n) is 14.4. The largest absolute Gasteiger partial charge is 0.386 e. The van der Waals surface area contributed by atoms with Crippen LogP contribution in [-0.2, 0) is 25.7 Å². The van der Waals surface area contributed by atoms with E-state index in [0.29, 0.717) is 0 Å². The molecule has 8 rings (SSSR count). The summed E-state index contributed by atoms with van der Waals surface area (Å²) in [5, 5.41) is 0. The molecule has 0 fully saturated rings. The minimum absolute atomic E-state index is 0.159. The lowest BCUT2D eigenvalue weighted by atomic mass is 9.68. The van der Waals surface area contributed by atoms with Gasteiger partial charge in [0.25, 0.3) is 0 Å². The molecule has 4 aromatic carbocycles. The molecule has 4 aromatic rings. The Morgan fingerprint density at radius 1 is 0.419 bits per heavy atom. The number of hydrogen-bond acceptors (Lipinski definition) is 6. The number of ether oxygens (including phenoxy) is 2. The Labute approximate surface area is 248 Å². The lowest BCUT2D eigenvalue weighted by molar-refractivity contribution is 0.0425. The number of benzene rings is 4. The Morgan fingerprint density at radius 3 is 1.09 bits per heavy atom. The monoisotopic (exact) mass is 568 g/mol. The Hall–Kier alpha value is -4.84. The summed E-state index contributed by atoms with van der Waals surface area (Å²) in [5.74, 6) is -2.75. The molecule has 43 heavy (non-hydrogen) atoms. The zero-order valence-electron chi connectivity index (χ0n) is 24.7. The van der Waals surface area contributed by atoms with Gasteiger partial charge >= 0.3 is 23.9 Å². The third-order valence-electron chi connectivity index (χ3n) is 9.53. The fourth-order valence-corrected chi connectivity index (χ4v) is 7.31.